The Hall–Kier alpha value is -0.530. The molecule has 0 heterocycles. The molecular weight excluding hydrogens is 320 g/mol. The van der Waals surface area contributed by atoms with Crippen LogP contribution in [-0.4, -0.2) is 11.1 Å². The molecule has 0 aromatic rings. The number of carbonyl (C=O) groups is 1. The van der Waals surface area contributed by atoms with Crippen LogP contribution in [0.25, 0.3) is 0 Å². The van der Waals surface area contributed by atoms with E-state index in [4.69, 9.17) is 5.11 Å². The van der Waals surface area contributed by atoms with Crippen molar-refractivity contribution in [3.8, 4) is 0 Å². The van der Waals surface area contributed by atoms with Gasteiger partial charge in [-0.1, -0.05) is 33.6 Å². The number of fused-ring (bicyclic) bond motifs is 5. The monoisotopic (exact) mass is 360 g/mol. The SMILES string of the molecule is C[C@@H](CCC(=O)O)[C@@H]1CC[C@@H]2[C@H]3CC[C@H]4CCCC[C@]4(C)[C@@H]3CC[C@]21C. The second-order valence-corrected chi connectivity index (χ2v) is 11.0. The zero-order valence-electron chi connectivity index (χ0n) is 17.3. The Bertz CT molecular complexity index is 542. The third-order valence-corrected chi connectivity index (χ3v) is 10.2. The van der Waals surface area contributed by atoms with Crippen molar-refractivity contribution in [2.24, 2.45) is 46.3 Å². The molecule has 0 amide bonds. The van der Waals surface area contributed by atoms with E-state index >= 15 is 0 Å². The minimum Gasteiger partial charge on any atom is -0.481 e. The molecule has 0 unspecified atom stereocenters. The Balaban J connectivity index is 1.52. The second-order valence-electron chi connectivity index (χ2n) is 11.0. The maximum atomic E-state index is 11.0. The van der Waals surface area contributed by atoms with E-state index in [1.807, 2.05) is 0 Å². The van der Waals surface area contributed by atoms with Gasteiger partial charge in [0.1, 0.15) is 0 Å². The molecule has 4 rings (SSSR count). The molecule has 0 aromatic carbocycles. The molecule has 0 bridgehead atoms. The standard InChI is InChI=1S/C24H40O2/c1-16(7-12-22(25)26)19-10-11-20-18-9-8-17-6-4-5-14-23(17,2)21(18)13-15-24(19,20)3/h16-21H,4-15H2,1-3H3,(H,25,26)/t16-,17+,18+,19-,20+,21+,23-,24-/m0/s1. The highest BCUT2D eigenvalue weighted by Crippen LogP contribution is 2.68. The number of hydrogen-bond donors (Lipinski definition) is 1. The zero-order valence-corrected chi connectivity index (χ0v) is 17.3. The van der Waals surface area contributed by atoms with Gasteiger partial charge < -0.3 is 5.11 Å². The van der Waals surface area contributed by atoms with Crippen molar-refractivity contribution in [3.63, 3.8) is 0 Å². The molecule has 0 radical (unpaired) electrons. The highest BCUT2D eigenvalue weighted by atomic mass is 16.4. The Kier molecular flexibility index (Phi) is 4.93. The second kappa shape index (κ2) is 6.82. The highest BCUT2D eigenvalue weighted by molar-refractivity contribution is 5.66. The van der Waals surface area contributed by atoms with E-state index in [-0.39, 0.29) is 0 Å². The van der Waals surface area contributed by atoms with Gasteiger partial charge in [0.25, 0.3) is 0 Å². The third kappa shape index (κ3) is 2.85. The molecule has 1 N–H and O–H groups in total. The smallest absolute Gasteiger partial charge is 0.303 e. The average Bonchev–Trinajstić information content (AvgIpc) is 2.96. The molecule has 2 nitrogen and oxygen atoms in total. The average molecular weight is 361 g/mol. The molecule has 4 fully saturated rings. The summed E-state index contributed by atoms with van der Waals surface area (Å²) in [6.45, 7) is 7.60. The number of carboxylic acids is 1. The van der Waals surface area contributed by atoms with Crippen LogP contribution in [0.1, 0.15) is 97.8 Å². The lowest BCUT2D eigenvalue weighted by atomic mass is 9.44. The van der Waals surface area contributed by atoms with E-state index in [0.29, 0.717) is 23.2 Å². The van der Waals surface area contributed by atoms with Gasteiger partial charge in [-0.2, -0.15) is 0 Å². The van der Waals surface area contributed by atoms with Crippen LogP contribution in [0.4, 0.5) is 0 Å². The van der Waals surface area contributed by atoms with Gasteiger partial charge in [-0.25, -0.2) is 0 Å². The van der Waals surface area contributed by atoms with Gasteiger partial charge >= 0.3 is 5.97 Å². The molecule has 0 aliphatic heterocycles. The Morgan fingerprint density at radius 1 is 0.962 bits per heavy atom. The molecule has 4 aliphatic rings. The first kappa shape index (κ1) is 18.8. The summed E-state index contributed by atoms with van der Waals surface area (Å²) in [4.78, 5) is 11.0. The summed E-state index contributed by atoms with van der Waals surface area (Å²) in [7, 11) is 0. The van der Waals surface area contributed by atoms with Crippen molar-refractivity contribution in [1.82, 2.24) is 0 Å². The largest absolute Gasteiger partial charge is 0.481 e. The van der Waals surface area contributed by atoms with Gasteiger partial charge in [0.15, 0.2) is 0 Å². The van der Waals surface area contributed by atoms with Gasteiger partial charge in [-0.15, -0.1) is 0 Å². The fourth-order valence-electron chi connectivity index (χ4n) is 8.82. The van der Waals surface area contributed by atoms with Gasteiger partial charge in [-0.05, 0) is 104 Å². The molecule has 4 saturated carbocycles. The molecule has 2 heteroatoms. The summed E-state index contributed by atoms with van der Waals surface area (Å²) in [5.41, 5.74) is 1.12. The van der Waals surface area contributed by atoms with Crippen LogP contribution in [0.15, 0.2) is 0 Å². The quantitative estimate of drug-likeness (QED) is 0.618. The molecule has 0 aromatic heterocycles. The molecule has 148 valence electrons. The predicted molar refractivity (Wildman–Crippen MR) is 106 cm³/mol. The van der Waals surface area contributed by atoms with Crippen LogP contribution in [0.5, 0.6) is 0 Å². The Labute approximate surface area is 160 Å². The van der Waals surface area contributed by atoms with Gasteiger partial charge in [0.2, 0.25) is 0 Å². The van der Waals surface area contributed by atoms with E-state index in [9.17, 15) is 4.79 Å². The lowest BCUT2D eigenvalue weighted by molar-refractivity contribution is -0.137. The first-order valence-electron chi connectivity index (χ1n) is 11.6. The normalized spacial score (nSPS) is 49.0. The van der Waals surface area contributed by atoms with Gasteiger partial charge in [-0.3, -0.25) is 4.79 Å². The first-order chi connectivity index (χ1) is 12.4. The summed E-state index contributed by atoms with van der Waals surface area (Å²) in [5, 5.41) is 9.09. The van der Waals surface area contributed by atoms with Crippen LogP contribution in [0.3, 0.4) is 0 Å². The summed E-state index contributed by atoms with van der Waals surface area (Å²) in [6.07, 6.45) is 15.7. The number of aliphatic carboxylic acids is 1. The zero-order chi connectivity index (χ0) is 18.5. The maximum absolute atomic E-state index is 11.0. The summed E-state index contributed by atoms with van der Waals surface area (Å²) >= 11 is 0. The minimum absolute atomic E-state index is 0.351. The number of carboxylic acid groups (broad SMARTS) is 1. The minimum atomic E-state index is -0.621. The summed E-state index contributed by atoms with van der Waals surface area (Å²) in [6, 6.07) is 0. The van der Waals surface area contributed by atoms with E-state index in [1.54, 1.807) is 0 Å². The number of hydrogen-bond acceptors (Lipinski definition) is 1. The molecule has 8 atom stereocenters. The van der Waals surface area contributed by atoms with E-state index < -0.39 is 5.97 Å². The van der Waals surface area contributed by atoms with Crippen molar-refractivity contribution in [1.29, 1.82) is 0 Å². The van der Waals surface area contributed by atoms with Crippen LogP contribution in [0.2, 0.25) is 0 Å². The lowest BCUT2D eigenvalue weighted by Gasteiger charge is -2.61. The first-order valence-corrected chi connectivity index (χ1v) is 11.6. The Morgan fingerprint density at radius 3 is 2.50 bits per heavy atom. The molecule has 0 spiro atoms. The predicted octanol–water partition coefficient (Wildman–Crippen LogP) is 6.54. The summed E-state index contributed by atoms with van der Waals surface area (Å²) in [5.74, 6) is 4.57. The van der Waals surface area contributed by atoms with E-state index in [2.05, 4.69) is 20.8 Å². The highest BCUT2D eigenvalue weighted by Gasteiger charge is 2.60. The van der Waals surface area contributed by atoms with Gasteiger partial charge in [0.05, 0.1) is 0 Å². The fraction of sp³-hybridized carbons (Fsp3) is 0.958. The van der Waals surface area contributed by atoms with Crippen molar-refractivity contribution in [2.75, 3.05) is 0 Å². The van der Waals surface area contributed by atoms with Crippen molar-refractivity contribution >= 4 is 5.97 Å². The van der Waals surface area contributed by atoms with E-state index in [1.165, 1.54) is 64.2 Å². The Morgan fingerprint density at radius 2 is 1.73 bits per heavy atom. The number of rotatable bonds is 4. The van der Waals surface area contributed by atoms with Crippen LogP contribution in [-0.2, 0) is 4.79 Å². The van der Waals surface area contributed by atoms with Crippen LogP contribution in [0, 0.1) is 46.3 Å². The molecule has 26 heavy (non-hydrogen) atoms. The summed E-state index contributed by atoms with van der Waals surface area (Å²) < 4.78 is 0. The molecule has 0 saturated heterocycles. The fourth-order valence-corrected chi connectivity index (χ4v) is 8.82. The molecular formula is C24H40O2. The molecule has 4 aliphatic carbocycles. The third-order valence-electron chi connectivity index (χ3n) is 10.2. The van der Waals surface area contributed by atoms with Gasteiger partial charge in [0, 0.05) is 6.42 Å². The van der Waals surface area contributed by atoms with Crippen LogP contribution < -0.4 is 0 Å². The van der Waals surface area contributed by atoms with Crippen molar-refractivity contribution in [2.45, 2.75) is 97.8 Å². The van der Waals surface area contributed by atoms with Crippen LogP contribution >= 0.6 is 0 Å². The lowest BCUT2D eigenvalue weighted by Crippen LogP contribution is -2.53. The van der Waals surface area contributed by atoms with Crippen molar-refractivity contribution in [3.05, 3.63) is 0 Å². The maximum Gasteiger partial charge on any atom is 0.303 e. The van der Waals surface area contributed by atoms with Crippen molar-refractivity contribution < 1.29 is 9.90 Å². The van der Waals surface area contributed by atoms with E-state index in [0.717, 1.165) is 36.0 Å². The topological polar surface area (TPSA) is 37.3 Å².